The first-order valence-corrected chi connectivity index (χ1v) is 14.5. The molecule has 1 aliphatic carbocycles. The highest BCUT2D eigenvalue weighted by atomic mass is 35.5. The van der Waals surface area contributed by atoms with Crippen molar-refractivity contribution in [3.63, 3.8) is 0 Å². The molecular weight excluding hydrogens is 555 g/mol. The molecule has 3 fully saturated rings. The van der Waals surface area contributed by atoms with Crippen LogP contribution in [0.4, 0.5) is 24.5 Å². The molecule has 3 heterocycles. The zero-order chi connectivity index (χ0) is 28.7. The van der Waals surface area contributed by atoms with Crippen LogP contribution in [0.5, 0.6) is 0 Å². The van der Waals surface area contributed by atoms with E-state index in [0.717, 1.165) is 67.8 Å². The fraction of sp³-hybridized carbons (Fsp3) is 0.467. The predicted molar refractivity (Wildman–Crippen MR) is 153 cm³/mol. The summed E-state index contributed by atoms with van der Waals surface area (Å²) in [6.45, 7) is 5.65. The average molecular weight is 588 g/mol. The van der Waals surface area contributed by atoms with Crippen molar-refractivity contribution in [2.45, 2.75) is 37.9 Å². The fourth-order valence-electron chi connectivity index (χ4n) is 6.20. The zero-order valence-electron chi connectivity index (χ0n) is 22.6. The molecule has 1 aromatic heterocycles. The molecule has 0 amide bonds. The highest BCUT2D eigenvalue weighted by Gasteiger charge is 2.39. The number of piperazine rings is 1. The third-order valence-electron chi connectivity index (χ3n) is 8.56. The zero-order valence-corrected chi connectivity index (χ0v) is 23.4. The van der Waals surface area contributed by atoms with Crippen molar-refractivity contribution < 1.29 is 23.1 Å². The number of hydrogen-bond donors (Lipinski definition) is 1. The van der Waals surface area contributed by atoms with Crippen LogP contribution in [0.25, 0.3) is 11.1 Å². The van der Waals surface area contributed by atoms with E-state index in [1.807, 2.05) is 18.2 Å². The first-order chi connectivity index (χ1) is 19.8. The number of alkyl halides is 3. The maximum Gasteiger partial charge on any atom is 0.339 e. The number of anilines is 2. The normalized spacial score (nSPS) is 23.3. The van der Waals surface area contributed by atoms with Gasteiger partial charge in [0.05, 0.1) is 12.2 Å². The van der Waals surface area contributed by atoms with Gasteiger partial charge in [-0.2, -0.15) is 5.10 Å². The lowest BCUT2D eigenvalue weighted by Gasteiger charge is -2.37. The average Bonchev–Trinajstić information content (AvgIpc) is 3.47. The van der Waals surface area contributed by atoms with Gasteiger partial charge in [-0.05, 0) is 49.1 Å². The van der Waals surface area contributed by atoms with Crippen molar-refractivity contribution in [2.75, 3.05) is 55.6 Å². The Morgan fingerprint density at radius 3 is 2.44 bits per heavy atom. The van der Waals surface area contributed by atoms with E-state index in [9.17, 15) is 23.1 Å². The second-order valence-corrected chi connectivity index (χ2v) is 11.7. The lowest BCUT2D eigenvalue weighted by molar-refractivity contribution is 0.0681. The highest BCUT2D eigenvalue weighted by Crippen LogP contribution is 2.38. The number of carboxylic acid groups (broad SMARTS) is 1. The van der Waals surface area contributed by atoms with Crippen molar-refractivity contribution >= 4 is 28.9 Å². The van der Waals surface area contributed by atoms with Crippen molar-refractivity contribution in [1.82, 2.24) is 14.7 Å². The van der Waals surface area contributed by atoms with E-state index in [-0.39, 0.29) is 5.92 Å². The molecule has 3 aliphatic rings. The lowest BCUT2D eigenvalue weighted by Crippen LogP contribution is -2.47. The van der Waals surface area contributed by atoms with Crippen LogP contribution in [0.2, 0.25) is 5.02 Å². The molecule has 3 atom stereocenters. The van der Waals surface area contributed by atoms with Gasteiger partial charge in [0.1, 0.15) is 17.4 Å². The van der Waals surface area contributed by atoms with Crippen LogP contribution in [0.3, 0.4) is 0 Å². The van der Waals surface area contributed by atoms with Crippen LogP contribution in [-0.2, 0) is 0 Å². The van der Waals surface area contributed by atoms with Gasteiger partial charge < -0.3 is 14.9 Å². The third-order valence-corrected chi connectivity index (χ3v) is 8.79. The molecule has 218 valence electrons. The Morgan fingerprint density at radius 1 is 1.05 bits per heavy atom. The van der Waals surface area contributed by atoms with Gasteiger partial charge in [-0.15, -0.1) is 0 Å². The van der Waals surface area contributed by atoms with E-state index in [2.05, 4.69) is 44.1 Å². The van der Waals surface area contributed by atoms with Crippen LogP contribution in [0.1, 0.15) is 47.8 Å². The first kappa shape index (κ1) is 27.9. The summed E-state index contributed by atoms with van der Waals surface area (Å²) in [7, 11) is 0. The summed E-state index contributed by atoms with van der Waals surface area (Å²) in [5.74, 6) is -1.19. The monoisotopic (exact) mass is 587 g/mol. The van der Waals surface area contributed by atoms with E-state index in [1.54, 1.807) is 0 Å². The highest BCUT2D eigenvalue weighted by molar-refractivity contribution is 6.31. The van der Waals surface area contributed by atoms with Gasteiger partial charge in [0, 0.05) is 73.7 Å². The molecule has 0 radical (unpaired) electrons. The van der Waals surface area contributed by atoms with E-state index in [4.69, 9.17) is 11.6 Å². The van der Waals surface area contributed by atoms with Gasteiger partial charge in [-0.1, -0.05) is 29.8 Å². The maximum atomic E-state index is 13.9. The molecule has 6 rings (SSSR count). The number of nitrogens with zero attached hydrogens (tertiary/aromatic N) is 5. The number of benzene rings is 2. The Morgan fingerprint density at radius 2 is 1.78 bits per heavy atom. The van der Waals surface area contributed by atoms with Crippen LogP contribution >= 0.6 is 11.6 Å². The number of aromatic nitrogens is 2. The number of rotatable bonds is 8. The van der Waals surface area contributed by atoms with Crippen molar-refractivity contribution in [2.24, 2.45) is 5.92 Å². The van der Waals surface area contributed by atoms with Gasteiger partial charge in [0.2, 0.25) is 0 Å². The molecule has 2 aromatic carbocycles. The summed E-state index contributed by atoms with van der Waals surface area (Å²) >= 11 is 6.42. The molecule has 41 heavy (non-hydrogen) atoms. The van der Waals surface area contributed by atoms with Crippen molar-refractivity contribution in [3.8, 4) is 11.1 Å². The van der Waals surface area contributed by atoms with Gasteiger partial charge >= 0.3 is 5.97 Å². The van der Waals surface area contributed by atoms with Crippen LogP contribution in [0, 0.1) is 5.92 Å². The quantitative estimate of drug-likeness (QED) is 0.341. The van der Waals surface area contributed by atoms with Crippen LogP contribution in [0.15, 0.2) is 48.7 Å². The number of carbonyl (C=O) groups is 1. The van der Waals surface area contributed by atoms with Crippen molar-refractivity contribution in [1.29, 1.82) is 0 Å². The lowest BCUT2D eigenvalue weighted by atomic mass is 9.99. The largest absolute Gasteiger partial charge is 0.478 e. The molecule has 1 saturated carbocycles. The van der Waals surface area contributed by atoms with Gasteiger partial charge in [0.15, 0.2) is 0 Å². The smallest absolute Gasteiger partial charge is 0.339 e. The summed E-state index contributed by atoms with van der Waals surface area (Å²) < 4.78 is 42.2. The number of carboxylic acids is 1. The third kappa shape index (κ3) is 5.90. The van der Waals surface area contributed by atoms with Gasteiger partial charge in [-0.3, -0.25) is 9.58 Å². The van der Waals surface area contributed by atoms with Gasteiger partial charge in [-0.25, -0.2) is 18.0 Å². The summed E-state index contributed by atoms with van der Waals surface area (Å²) in [6, 6.07) is 13.7. The SMILES string of the molecule is O=C(O)c1cnn(C2CCCN(c3cc(Cl)ccc3-c3ccc(N4CCN(C[C@@H]5C[C@@H]5F)CC4)cc3)C2)c1C(F)F. The molecule has 1 N–H and O–H groups in total. The second-order valence-electron chi connectivity index (χ2n) is 11.2. The number of aromatic carboxylic acids is 1. The van der Waals surface area contributed by atoms with Gasteiger partial charge in [0.25, 0.3) is 6.43 Å². The summed E-state index contributed by atoms with van der Waals surface area (Å²) in [5, 5.41) is 14.0. The molecule has 2 saturated heterocycles. The van der Waals surface area contributed by atoms with Crippen LogP contribution < -0.4 is 9.80 Å². The Bertz CT molecular complexity index is 1390. The summed E-state index contributed by atoms with van der Waals surface area (Å²) in [5.41, 5.74) is 3.04. The Labute approximate surface area is 242 Å². The van der Waals surface area contributed by atoms with E-state index in [1.165, 1.54) is 4.68 Å². The molecule has 3 aromatic rings. The molecule has 11 heteroatoms. The Hall–Kier alpha value is -3.24. The first-order valence-electron chi connectivity index (χ1n) is 14.1. The molecule has 7 nitrogen and oxygen atoms in total. The van der Waals surface area contributed by atoms with Crippen molar-refractivity contribution in [3.05, 3.63) is 64.9 Å². The Kier molecular flexibility index (Phi) is 7.87. The second kappa shape index (κ2) is 11.6. The summed E-state index contributed by atoms with van der Waals surface area (Å²) in [6.07, 6.45) is -0.481. The topological polar surface area (TPSA) is 64.8 Å². The summed E-state index contributed by atoms with van der Waals surface area (Å²) in [4.78, 5) is 18.3. The Balaban J connectivity index is 1.19. The molecule has 2 aliphatic heterocycles. The van der Waals surface area contributed by atoms with E-state index in [0.29, 0.717) is 31.0 Å². The number of halogens is 4. The number of hydrogen-bond acceptors (Lipinski definition) is 5. The molecule has 0 bridgehead atoms. The molecule has 0 spiro atoms. The maximum absolute atomic E-state index is 13.9. The van der Waals surface area contributed by atoms with E-state index < -0.39 is 35.9 Å². The minimum atomic E-state index is -2.94. The van der Waals surface area contributed by atoms with Crippen LogP contribution in [-0.4, -0.2) is 77.7 Å². The standard InChI is InChI=1S/C30H33ClF3N5O2/c31-21-5-8-24(19-3-6-22(7-4-19)37-12-10-36(11-13-37)17-20-14-26(20)32)27(15-21)38-9-1-2-23(18-38)39-28(29(33)34)25(16-35-39)30(40)41/h3-8,15-16,20,23,26,29H,1-2,9-14,17-18H2,(H,40,41)/t20-,23?,26-/m0/s1. The minimum absolute atomic E-state index is 0.220. The minimum Gasteiger partial charge on any atom is -0.478 e. The molecular formula is C30H33ClF3N5O2. The molecule has 1 unspecified atom stereocenters. The number of piperidine rings is 1. The van der Waals surface area contributed by atoms with E-state index >= 15 is 0 Å². The fourth-order valence-corrected chi connectivity index (χ4v) is 6.37. The predicted octanol–water partition coefficient (Wildman–Crippen LogP) is 6.16.